The number of rotatable bonds is 4. The van der Waals surface area contributed by atoms with Gasteiger partial charge in [-0.3, -0.25) is 14.9 Å². The topological polar surface area (TPSA) is 79.6 Å². The number of likely N-dealkylation sites (N-methyl/N-ethyl adjacent to an activating group) is 1. The molecule has 0 radical (unpaired) electrons. The predicted molar refractivity (Wildman–Crippen MR) is 75.0 cm³/mol. The van der Waals surface area contributed by atoms with E-state index in [1.165, 1.54) is 17.0 Å². The third kappa shape index (κ3) is 3.16. The Bertz CT molecular complexity index is 531. The van der Waals surface area contributed by atoms with Crippen molar-refractivity contribution in [2.45, 2.75) is 12.8 Å². The maximum Gasteiger partial charge on any atom is 0.311 e. The van der Waals surface area contributed by atoms with Crippen LogP contribution < -0.4 is 4.90 Å². The number of likely N-dealkylation sites (tertiary alicyclic amines) is 1. The fraction of sp³-hybridized carbons (Fsp3) is 0.500. The van der Waals surface area contributed by atoms with Crippen molar-refractivity contribution in [2.75, 3.05) is 31.6 Å². The van der Waals surface area contributed by atoms with Crippen LogP contribution in [0.5, 0.6) is 0 Å². The Morgan fingerprint density at radius 3 is 2.75 bits per heavy atom. The van der Waals surface area contributed by atoms with E-state index in [1.807, 2.05) is 0 Å². The van der Waals surface area contributed by atoms with Gasteiger partial charge in [0.15, 0.2) is 0 Å². The number of amides is 1. The van der Waals surface area contributed by atoms with Gasteiger partial charge in [0.1, 0.15) is 5.15 Å². The summed E-state index contributed by atoms with van der Waals surface area (Å²) in [5.41, 5.74) is -0.161. The molecule has 0 N–H and O–H groups in total. The molecule has 0 unspecified atom stereocenters. The first-order valence-electron chi connectivity index (χ1n) is 6.29. The van der Waals surface area contributed by atoms with E-state index in [-0.39, 0.29) is 29.1 Å². The summed E-state index contributed by atoms with van der Waals surface area (Å²) in [5.74, 6) is 0.0520. The van der Waals surface area contributed by atoms with E-state index in [2.05, 4.69) is 4.98 Å². The lowest BCUT2D eigenvalue weighted by Crippen LogP contribution is -2.37. The summed E-state index contributed by atoms with van der Waals surface area (Å²) >= 11 is 5.77. The smallest absolute Gasteiger partial charge is 0.311 e. The number of anilines is 1. The van der Waals surface area contributed by atoms with E-state index in [1.54, 1.807) is 11.9 Å². The van der Waals surface area contributed by atoms with Crippen LogP contribution in [0.4, 0.5) is 11.5 Å². The lowest BCUT2D eigenvalue weighted by Gasteiger charge is -2.21. The van der Waals surface area contributed by atoms with Crippen molar-refractivity contribution in [2.24, 2.45) is 0 Å². The van der Waals surface area contributed by atoms with Crippen LogP contribution >= 0.6 is 11.6 Å². The molecule has 0 aromatic carbocycles. The minimum absolute atomic E-state index is 0.0498. The third-order valence-electron chi connectivity index (χ3n) is 3.21. The number of carbonyl (C=O) groups excluding carboxylic acids is 1. The highest BCUT2D eigenvalue weighted by Crippen LogP contribution is 2.26. The number of hydrogen-bond donors (Lipinski definition) is 0. The van der Waals surface area contributed by atoms with E-state index in [9.17, 15) is 14.9 Å². The average molecular weight is 299 g/mol. The molecule has 0 bridgehead atoms. The Balaban J connectivity index is 2.15. The molecule has 2 rings (SSSR count). The normalized spacial score (nSPS) is 14.4. The number of halogens is 1. The lowest BCUT2D eigenvalue weighted by molar-refractivity contribution is -0.384. The van der Waals surface area contributed by atoms with Crippen molar-refractivity contribution >= 4 is 29.0 Å². The Morgan fingerprint density at radius 2 is 2.15 bits per heavy atom. The molecular weight excluding hydrogens is 284 g/mol. The number of nitro groups is 1. The Hall–Kier alpha value is -1.89. The summed E-state index contributed by atoms with van der Waals surface area (Å²) in [6.45, 7) is 1.55. The minimum atomic E-state index is -0.532. The van der Waals surface area contributed by atoms with Crippen molar-refractivity contribution in [3.63, 3.8) is 0 Å². The molecule has 1 fully saturated rings. The first kappa shape index (κ1) is 14.5. The van der Waals surface area contributed by atoms with Crippen molar-refractivity contribution in [3.8, 4) is 0 Å². The van der Waals surface area contributed by atoms with Gasteiger partial charge in [-0.15, -0.1) is 0 Å². The van der Waals surface area contributed by atoms with Gasteiger partial charge in [0.25, 0.3) is 0 Å². The Morgan fingerprint density at radius 1 is 1.50 bits per heavy atom. The largest absolute Gasteiger partial charge is 0.345 e. The molecular formula is C12H15ClN4O3. The van der Waals surface area contributed by atoms with Crippen molar-refractivity contribution in [3.05, 3.63) is 27.4 Å². The molecule has 1 amide bonds. The molecule has 8 heteroatoms. The molecule has 108 valence electrons. The van der Waals surface area contributed by atoms with Crippen LogP contribution in [0, 0.1) is 10.1 Å². The van der Waals surface area contributed by atoms with Gasteiger partial charge in [0.2, 0.25) is 11.7 Å². The van der Waals surface area contributed by atoms with Crippen LogP contribution in [-0.4, -0.2) is 47.4 Å². The van der Waals surface area contributed by atoms with Gasteiger partial charge in [-0.25, -0.2) is 4.98 Å². The van der Waals surface area contributed by atoms with E-state index < -0.39 is 4.92 Å². The molecule has 1 aliphatic rings. The lowest BCUT2D eigenvalue weighted by atomic mass is 10.3. The number of hydrogen-bond acceptors (Lipinski definition) is 5. The number of aromatic nitrogens is 1. The molecule has 7 nitrogen and oxygen atoms in total. The predicted octanol–water partition coefficient (Wildman–Crippen LogP) is 1.70. The van der Waals surface area contributed by atoms with Crippen LogP contribution in [0.25, 0.3) is 0 Å². The zero-order chi connectivity index (χ0) is 14.7. The molecule has 1 aromatic rings. The van der Waals surface area contributed by atoms with Gasteiger partial charge in [0.05, 0.1) is 11.5 Å². The molecule has 20 heavy (non-hydrogen) atoms. The fourth-order valence-electron chi connectivity index (χ4n) is 2.19. The molecule has 0 atom stereocenters. The van der Waals surface area contributed by atoms with E-state index >= 15 is 0 Å². The zero-order valence-electron chi connectivity index (χ0n) is 11.1. The zero-order valence-corrected chi connectivity index (χ0v) is 11.8. The highest BCUT2D eigenvalue weighted by atomic mass is 35.5. The van der Waals surface area contributed by atoms with Crippen LogP contribution in [-0.2, 0) is 4.79 Å². The van der Waals surface area contributed by atoms with Gasteiger partial charge in [0, 0.05) is 26.2 Å². The molecule has 0 saturated carbocycles. The summed E-state index contributed by atoms with van der Waals surface area (Å²) in [5, 5.41) is 11.1. The van der Waals surface area contributed by atoms with Gasteiger partial charge in [-0.05, 0) is 18.9 Å². The Kier molecular flexibility index (Phi) is 4.39. The maximum atomic E-state index is 12.0. The minimum Gasteiger partial charge on any atom is -0.345 e. The summed E-state index contributed by atoms with van der Waals surface area (Å²) in [6.07, 6.45) is 2.01. The third-order valence-corrected chi connectivity index (χ3v) is 3.42. The summed E-state index contributed by atoms with van der Waals surface area (Å²) in [4.78, 5) is 29.7. The molecule has 1 saturated heterocycles. The number of pyridine rings is 1. The van der Waals surface area contributed by atoms with E-state index in [0.717, 1.165) is 25.9 Å². The molecule has 0 spiro atoms. The average Bonchev–Trinajstić information content (AvgIpc) is 2.92. The SMILES string of the molecule is CN(CC(=O)N1CCCC1)c1nc(Cl)ccc1[N+](=O)[O-]. The second kappa shape index (κ2) is 6.04. The number of nitrogens with zero attached hydrogens (tertiary/aromatic N) is 4. The van der Waals surface area contributed by atoms with Gasteiger partial charge < -0.3 is 9.80 Å². The summed E-state index contributed by atoms with van der Waals surface area (Å²) in [6, 6.07) is 2.65. The van der Waals surface area contributed by atoms with E-state index in [0.29, 0.717) is 0 Å². The quantitative estimate of drug-likeness (QED) is 0.480. The highest BCUT2D eigenvalue weighted by Gasteiger charge is 2.24. The van der Waals surface area contributed by atoms with Gasteiger partial charge >= 0.3 is 5.69 Å². The summed E-state index contributed by atoms with van der Waals surface area (Å²) in [7, 11) is 1.60. The van der Waals surface area contributed by atoms with Gasteiger partial charge in [-0.1, -0.05) is 11.6 Å². The standard InChI is InChI=1S/C12H15ClN4O3/c1-15(8-11(18)16-6-2-3-7-16)12-9(17(19)20)4-5-10(13)14-12/h4-5H,2-3,6-8H2,1H3. The molecule has 0 aliphatic carbocycles. The first-order chi connectivity index (χ1) is 9.49. The molecule has 1 aromatic heterocycles. The van der Waals surface area contributed by atoms with Crippen molar-refractivity contribution < 1.29 is 9.72 Å². The first-order valence-corrected chi connectivity index (χ1v) is 6.66. The number of carbonyl (C=O) groups is 1. The van der Waals surface area contributed by atoms with Crippen LogP contribution in [0.3, 0.4) is 0 Å². The Labute approximate surface area is 121 Å². The molecule has 2 heterocycles. The van der Waals surface area contributed by atoms with Crippen LogP contribution in [0.1, 0.15) is 12.8 Å². The van der Waals surface area contributed by atoms with Gasteiger partial charge in [-0.2, -0.15) is 0 Å². The van der Waals surface area contributed by atoms with E-state index in [4.69, 9.17) is 11.6 Å². The summed E-state index contributed by atoms with van der Waals surface area (Å²) < 4.78 is 0. The fourth-order valence-corrected chi connectivity index (χ4v) is 2.33. The van der Waals surface area contributed by atoms with Crippen LogP contribution in [0.15, 0.2) is 12.1 Å². The maximum absolute atomic E-state index is 12.0. The second-order valence-electron chi connectivity index (χ2n) is 4.68. The van der Waals surface area contributed by atoms with Crippen molar-refractivity contribution in [1.29, 1.82) is 0 Å². The highest BCUT2D eigenvalue weighted by molar-refractivity contribution is 6.29. The van der Waals surface area contributed by atoms with Crippen LogP contribution in [0.2, 0.25) is 5.15 Å². The second-order valence-corrected chi connectivity index (χ2v) is 5.07. The molecule has 1 aliphatic heterocycles. The van der Waals surface area contributed by atoms with Crippen molar-refractivity contribution in [1.82, 2.24) is 9.88 Å². The monoisotopic (exact) mass is 298 g/mol.